The summed E-state index contributed by atoms with van der Waals surface area (Å²) in [6.45, 7) is 0.462. The molecule has 0 fully saturated rings. The number of benzene rings is 2. The molecule has 0 aliphatic heterocycles. The second-order valence-electron chi connectivity index (χ2n) is 3.30. The van der Waals surface area contributed by atoms with Gasteiger partial charge in [0, 0.05) is 11.6 Å². The first-order chi connectivity index (χ1) is 7.31. The van der Waals surface area contributed by atoms with Crippen molar-refractivity contribution in [2.75, 3.05) is 0 Å². The summed E-state index contributed by atoms with van der Waals surface area (Å²) in [6.07, 6.45) is 0. The monoisotopic (exact) mass is 216 g/mol. The van der Waals surface area contributed by atoms with Crippen LogP contribution in [0.15, 0.2) is 42.5 Å². The molecule has 0 spiro atoms. The number of hydrogen-bond acceptors (Lipinski definition) is 1. The van der Waals surface area contributed by atoms with Crippen LogP contribution in [0.1, 0.15) is 5.56 Å². The van der Waals surface area contributed by atoms with Crippen molar-refractivity contribution in [1.29, 1.82) is 0 Å². The first-order valence-corrected chi connectivity index (χ1v) is 5.14. The standard InChI is InChI=1S/C13H11ClN/c14-13-7-6-11(8-12(13)9-15)10-4-2-1-3-5-10/h1-2,4-8H,9,15H2. The molecular formula is C13H11ClN. The van der Waals surface area contributed by atoms with Crippen molar-refractivity contribution >= 4 is 11.6 Å². The van der Waals surface area contributed by atoms with Crippen LogP contribution in [-0.4, -0.2) is 0 Å². The Morgan fingerprint density at radius 3 is 2.73 bits per heavy atom. The van der Waals surface area contributed by atoms with Gasteiger partial charge in [0.2, 0.25) is 0 Å². The number of halogens is 1. The van der Waals surface area contributed by atoms with Crippen LogP contribution < -0.4 is 5.73 Å². The van der Waals surface area contributed by atoms with Crippen molar-refractivity contribution in [1.82, 2.24) is 0 Å². The van der Waals surface area contributed by atoms with Crippen LogP contribution in [-0.2, 0) is 6.54 Å². The third kappa shape index (κ3) is 2.20. The molecule has 0 aliphatic carbocycles. The molecule has 0 saturated carbocycles. The third-order valence-electron chi connectivity index (χ3n) is 2.31. The van der Waals surface area contributed by atoms with Gasteiger partial charge in [-0.1, -0.05) is 35.9 Å². The van der Waals surface area contributed by atoms with Gasteiger partial charge in [0.1, 0.15) is 0 Å². The van der Waals surface area contributed by atoms with Gasteiger partial charge in [-0.05, 0) is 41.0 Å². The van der Waals surface area contributed by atoms with E-state index in [1.54, 1.807) is 0 Å². The molecule has 2 aromatic rings. The summed E-state index contributed by atoms with van der Waals surface area (Å²) in [5.41, 5.74) is 8.83. The predicted molar refractivity (Wildman–Crippen MR) is 63.6 cm³/mol. The molecule has 0 bridgehead atoms. The van der Waals surface area contributed by atoms with Gasteiger partial charge in [0.25, 0.3) is 0 Å². The van der Waals surface area contributed by atoms with Gasteiger partial charge in [0.05, 0.1) is 0 Å². The van der Waals surface area contributed by atoms with E-state index in [0.29, 0.717) is 6.54 Å². The molecule has 2 rings (SSSR count). The highest BCUT2D eigenvalue weighted by Crippen LogP contribution is 2.24. The number of rotatable bonds is 2. The van der Waals surface area contributed by atoms with Gasteiger partial charge < -0.3 is 5.73 Å². The summed E-state index contributed by atoms with van der Waals surface area (Å²) in [7, 11) is 0. The lowest BCUT2D eigenvalue weighted by atomic mass is 10.0. The van der Waals surface area contributed by atoms with Crippen molar-refractivity contribution in [3.05, 3.63) is 59.1 Å². The second kappa shape index (κ2) is 4.47. The lowest BCUT2D eigenvalue weighted by Crippen LogP contribution is -1.97. The molecule has 15 heavy (non-hydrogen) atoms. The lowest BCUT2D eigenvalue weighted by molar-refractivity contribution is 1.07. The molecule has 0 aliphatic rings. The molecule has 2 heteroatoms. The summed E-state index contributed by atoms with van der Waals surface area (Å²) in [5.74, 6) is 0. The fraction of sp³-hybridized carbons (Fsp3) is 0.0769. The summed E-state index contributed by atoms with van der Waals surface area (Å²) in [4.78, 5) is 0. The Labute approximate surface area is 94.5 Å². The molecule has 0 atom stereocenters. The fourth-order valence-electron chi connectivity index (χ4n) is 1.48. The Morgan fingerprint density at radius 2 is 2.07 bits per heavy atom. The molecule has 0 saturated heterocycles. The van der Waals surface area contributed by atoms with Crippen molar-refractivity contribution in [2.24, 2.45) is 5.73 Å². The maximum absolute atomic E-state index is 6.00. The largest absolute Gasteiger partial charge is 0.326 e. The highest BCUT2D eigenvalue weighted by atomic mass is 35.5. The average Bonchev–Trinajstić information content (AvgIpc) is 2.31. The van der Waals surface area contributed by atoms with E-state index in [1.165, 1.54) is 0 Å². The molecule has 0 unspecified atom stereocenters. The van der Waals surface area contributed by atoms with Gasteiger partial charge in [-0.25, -0.2) is 0 Å². The molecule has 0 amide bonds. The van der Waals surface area contributed by atoms with Gasteiger partial charge in [-0.2, -0.15) is 0 Å². The van der Waals surface area contributed by atoms with E-state index in [9.17, 15) is 0 Å². The third-order valence-corrected chi connectivity index (χ3v) is 2.67. The van der Waals surface area contributed by atoms with Crippen LogP contribution >= 0.6 is 11.6 Å². The van der Waals surface area contributed by atoms with Crippen LogP contribution in [0.4, 0.5) is 0 Å². The Hall–Kier alpha value is -1.31. The number of nitrogens with two attached hydrogens (primary N) is 1. The van der Waals surface area contributed by atoms with E-state index in [-0.39, 0.29) is 0 Å². The maximum atomic E-state index is 6.00. The van der Waals surface area contributed by atoms with E-state index >= 15 is 0 Å². The smallest absolute Gasteiger partial charge is 0.0451 e. The summed E-state index contributed by atoms with van der Waals surface area (Å²) in [6, 6.07) is 16.8. The minimum Gasteiger partial charge on any atom is -0.326 e. The first-order valence-electron chi connectivity index (χ1n) is 4.76. The van der Waals surface area contributed by atoms with Crippen LogP contribution in [0.3, 0.4) is 0 Å². The van der Waals surface area contributed by atoms with Crippen LogP contribution in [0, 0.1) is 6.07 Å². The zero-order chi connectivity index (χ0) is 10.7. The van der Waals surface area contributed by atoms with Gasteiger partial charge >= 0.3 is 0 Å². The molecule has 0 heterocycles. The predicted octanol–water partition coefficient (Wildman–Crippen LogP) is 3.27. The molecule has 1 radical (unpaired) electrons. The van der Waals surface area contributed by atoms with Crippen LogP contribution in [0.5, 0.6) is 0 Å². The zero-order valence-electron chi connectivity index (χ0n) is 8.20. The van der Waals surface area contributed by atoms with Crippen molar-refractivity contribution in [3.63, 3.8) is 0 Å². The van der Waals surface area contributed by atoms with E-state index in [0.717, 1.165) is 21.7 Å². The Morgan fingerprint density at radius 1 is 1.20 bits per heavy atom. The summed E-state index contributed by atoms with van der Waals surface area (Å²) >= 11 is 6.00. The van der Waals surface area contributed by atoms with Gasteiger partial charge in [0.15, 0.2) is 0 Å². The van der Waals surface area contributed by atoms with E-state index in [4.69, 9.17) is 17.3 Å². The molecule has 2 N–H and O–H groups in total. The number of hydrogen-bond donors (Lipinski definition) is 1. The molecular weight excluding hydrogens is 206 g/mol. The highest BCUT2D eigenvalue weighted by Gasteiger charge is 2.01. The maximum Gasteiger partial charge on any atom is 0.0451 e. The quantitative estimate of drug-likeness (QED) is 0.820. The molecule has 0 aromatic heterocycles. The Bertz CT molecular complexity index is 451. The summed E-state index contributed by atoms with van der Waals surface area (Å²) < 4.78 is 0. The minimum atomic E-state index is 0.462. The summed E-state index contributed by atoms with van der Waals surface area (Å²) in [5, 5.41) is 0.723. The van der Waals surface area contributed by atoms with Crippen molar-refractivity contribution < 1.29 is 0 Å². The fourth-order valence-corrected chi connectivity index (χ4v) is 1.68. The molecule has 75 valence electrons. The zero-order valence-corrected chi connectivity index (χ0v) is 8.96. The van der Waals surface area contributed by atoms with E-state index in [2.05, 4.69) is 6.07 Å². The topological polar surface area (TPSA) is 26.0 Å². The SMILES string of the molecule is NCc1cc(-c2c[c]ccc2)ccc1Cl. The van der Waals surface area contributed by atoms with Crippen LogP contribution in [0.25, 0.3) is 11.1 Å². The van der Waals surface area contributed by atoms with Crippen molar-refractivity contribution in [2.45, 2.75) is 6.54 Å². The second-order valence-corrected chi connectivity index (χ2v) is 3.71. The van der Waals surface area contributed by atoms with E-state index < -0.39 is 0 Å². The van der Waals surface area contributed by atoms with Gasteiger partial charge in [-0.3, -0.25) is 0 Å². The normalized spacial score (nSPS) is 10.3. The van der Waals surface area contributed by atoms with Crippen molar-refractivity contribution in [3.8, 4) is 11.1 Å². The average molecular weight is 217 g/mol. The Balaban J connectivity index is 2.46. The molecule has 1 nitrogen and oxygen atoms in total. The van der Waals surface area contributed by atoms with E-state index in [1.807, 2.05) is 42.5 Å². The highest BCUT2D eigenvalue weighted by molar-refractivity contribution is 6.31. The lowest BCUT2D eigenvalue weighted by Gasteiger charge is -2.05. The van der Waals surface area contributed by atoms with Crippen LogP contribution in [0.2, 0.25) is 5.02 Å². The minimum absolute atomic E-state index is 0.462. The first kappa shape index (κ1) is 10.2. The van der Waals surface area contributed by atoms with Gasteiger partial charge in [-0.15, -0.1) is 0 Å². The molecule has 2 aromatic carbocycles. The Kier molecular flexibility index (Phi) is 3.05.